The first-order valence-electron chi connectivity index (χ1n) is 4.94. The minimum absolute atomic E-state index is 0.250. The lowest BCUT2D eigenvalue weighted by atomic mass is 10.1. The van der Waals surface area contributed by atoms with Crippen LogP contribution in [0.25, 0.3) is 0 Å². The highest BCUT2D eigenvalue weighted by atomic mass is 16.6. The molecule has 0 saturated carbocycles. The van der Waals surface area contributed by atoms with E-state index >= 15 is 0 Å². The molecule has 2 rings (SSSR count). The molecule has 0 fully saturated rings. The third kappa shape index (κ3) is 1.76. The Kier molecular flexibility index (Phi) is 2.18. The van der Waals surface area contributed by atoms with Crippen LogP contribution in [0.1, 0.15) is 24.2 Å². The van der Waals surface area contributed by atoms with Crippen LogP contribution in [0, 0.1) is 0 Å². The molecule has 1 heterocycles. The van der Waals surface area contributed by atoms with Crippen molar-refractivity contribution in [1.82, 2.24) is 0 Å². The van der Waals surface area contributed by atoms with Gasteiger partial charge in [-0.15, -0.1) is 0 Å². The zero-order chi connectivity index (χ0) is 11.9. The number of hydrogen-bond acceptors (Lipinski definition) is 4. The standard InChI is InChI=1S/C11H14N2O3/c1-11(2)5-15-8-4-7(12)6(10(13)14)3-9(8)16-11/h3-4H,5,12H2,1-2H3,(H2,13,14). The van der Waals surface area contributed by atoms with E-state index in [9.17, 15) is 4.79 Å². The highest BCUT2D eigenvalue weighted by Crippen LogP contribution is 2.38. The summed E-state index contributed by atoms with van der Waals surface area (Å²) >= 11 is 0. The van der Waals surface area contributed by atoms with E-state index < -0.39 is 11.5 Å². The van der Waals surface area contributed by atoms with Gasteiger partial charge in [-0.2, -0.15) is 0 Å². The molecule has 1 aliphatic heterocycles. The molecule has 1 aromatic carbocycles. The van der Waals surface area contributed by atoms with Gasteiger partial charge in [0.15, 0.2) is 11.5 Å². The smallest absolute Gasteiger partial charge is 0.250 e. The molecule has 0 unspecified atom stereocenters. The molecule has 0 aromatic heterocycles. The van der Waals surface area contributed by atoms with Crippen LogP contribution in [-0.4, -0.2) is 18.1 Å². The van der Waals surface area contributed by atoms with Crippen molar-refractivity contribution < 1.29 is 14.3 Å². The summed E-state index contributed by atoms with van der Waals surface area (Å²) < 4.78 is 11.2. The molecule has 5 heteroatoms. The van der Waals surface area contributed by atoms with Crippen molar-refractivity contribution in [2.24, 2.45) is 5.73 Å². The molecule has 0 atom stereocenters. The van der Waals surface area contributed by atoms with Gasteiger partial charge in [0.1, 0.15) is 12.2 Å². The predicted molar refractivity (Wildman–Crippen MR) is 59.6 cm³/mol. The molecule has 5 nitrogen and oxygen atoms in total. The van der Waals surface area contributed by atoms with Crippen molar-refractivity contribution >= 4 is 11.6 Å². The quantitative estimate of drug-likeness (QED) is 0.691. The molecular formula is C11H14N2O3. The maximum atomic E-state index is 11.1. The number of ether oxygens (including phenoxy) is 2. The fraction of sp³-hybridized carbons (Fsp3) is 0.364. The number of benzene rings is 1. The van der Waals surface area contributed by atoms with Crippen molar-refractivity contribution in [2.45, 2.75) is 19.4 Å². The molecule has 4 N–H and O–H groups in total. The van der Waals surface area contributed by atoms with Gasteiger partial charge < -0.3 is 20.9 Å². The third-order valence-electron chi connectivity index (χ3n) is 2.34. The van der Waals surface area contributed by atoms with Crippen LogP contribution < -0.4 is 20.9 Å². The maximum absolute atomic E-state index is 11.1. The van der Waals surface area contributed by atoms with Crippen molar-refractivity contribution in [3.8, 4) is 11.5 Å². The van der Waals surface area contributed by atoms with Crippen LogP contribution >= 0.6 is 0 Å². The second-order valence-electron chi connectivity index (χ2n) is 4.40. The molecule has 0 spiro atoms. The number of carbonyl (C=O) groups is 1. The zero-order valence-corrected chi connectivity index (χ0v) is 9.24. The molecule has 1 amide bonds. The Hall–Kier alpha value is -1.91. The number of rotatable bonds is 1. The van der Waals surface area contributed by atoms with Gasteiger partial charge in [-0.25, -0.2) is 0 Å². The van der Waals surface area contributed by atoms with Crippen LogP contribution in [-0.2, 0) is 0 Å². The Labute approximate surface area is 93.3 Å². The Morgan fingerprint density at radius 3 is 2.69 bits per heavy atom. The van der Waals surface area contributed by atoms with E-state index in [1.54, 1.807) is 6.07 Å². The summed E-state index contributed by atoms with van der Waals surface area (Å²) in [5.41, 5.74) is 11.0. The summed E-state index contributed by atoms with van der Waals surface area (Å²) in [5, 5.41) is 0. The van der Waals surface area contributed by atoms with Crippen LogP contribution in [0.15, 0.2) is 12.1 Å². The number of hydrogen-bond donors (Lipinski definition) is 2. The van der Waals surface area contributed by atoms with Crippen LogP contribution in [0.3, 0.4) is 0 Å². The van der Waals surface area contributed by atoms with E-state index in [4.69, 9.17) is 20.9 Å². The second-order valence-corrected chi connectivity index (χ2v) is 4.40. The monoisotopic (exact) mass is 222 g/mol. The molecule has 1 aromatic rings. The van der Waals surface area contributed by atoms with Crippen molar-refractivity contribution in [3.05, 3.63) is 17.7 Å². The maximum Gasteiger partial charge on any atom is 0.250 e. The second kappa shape index (κ2) is 3.30. The molecule has 1 aliphatic rings. The minimum atomic E-state index is -0.577. The van der Waals surface area contributed by atoms with Crippen LogP contribution in [0.2, 0.25) is 0 Å². The molecule has 86 valence electrons. The summed E-state index contributed by atoms with van der Waals surface area (Å²) in [6.07, 6.45) is 0. The van der Waals surface area contributed by atoms with Gasteiger partial charge in [0.2, 0.25) is 0 Å². The Balaban J connectivity index is 2.48. The minimum Gasteiger partial charge on any atom is -0.485 e. The summed E-state index contributed by atoms with van der Waals surface area (Å²) in [5.74, 6) is 0.466. The molecular weight excluding hydrogens is 208 g/mol. The van der Waals surface area contributed by atoms with Crippen LogP contribution in [0.4, 0.5) is 5.69 Å². The van der Waals surface area contributed by atoms with Gasteiger partial charge >= 0.3 is 0 Å². The lowest BCUT2D eigenvalue weighted by Gasteiger charge is -2.32. The van der Waals surface area contributed by atoms with Crippen molar-refractivity contribution in [1.29, 1.82) is 0 Å². The first-order valence-corrected chi connectivity index (χ1v) is 4.94. The number of anilines is 1. The number of primary amides is 1. The van der Waals surface area contributed by atoms with Gasteiger partial charge in [-0.05, 0) is 19.9 Å². The van der Waals surface area contributed by atoms with Gasteiger partial charge in [-0.3, -0.25) is 4.79 Å². The molecule has 0 aliphatic carbocycles. The Bertz CT molecular complexity index is 455. The normalized spacial score (nSPS) is 16.9. The summed E-state index contributed by atoms with van der Waals surface area (Å²) in [6.45, 7) is 4.24. The average molecular weight is 222 g/mol. The molecule has 0 bridgehead atoms. The Morgan fingerprint density at radius 2 is 2.06 bits per heavy atom. The van der Waals surface area contributed by atoms with E-state index in [1.165, 1.54) is 6.07 Å². The summed E-state index contributed by atoms with van der Waals surface area (Å²) in [4.78, 5) is 11.1. The van der Waals surface area contributed by atoms with Crippen LogP contribution in [0.5, 0.6) is 11.5 Å². The lowest BCUT2D eigenvalue weighted by molar-refractivity contribution is 0.0213. The van der Waals surface area contributed by atoms with Gasteiger partial charge in [0.25, 0.3) is 5.91 Å². The number of fused-ring (bicyclic) bond motifs is 1. The highest BCUT2D eigenvalue weighted by Gasteiger charge is 2.29. The van der Waals surface area contributed by atoms with E-state index in [0.717, 1.165) is 0 Å². The predicted octanol–water partition coefficient (Wildman–Crippen LogP) is 0.918. The third-order valence-corrected chi connectivity index (χ3v) is 2.34. The van der Waals surface area contributed by atoms with E-state index in [2.05, 4.69) is 0 Å². The van der Waals surface area contributed by atoms with Gasteiger partial charge in [0.05, 0.1) is 5.56 Å². The first-order chi connectivity index (χ1) is 7.39. The topological polar surface area (TPSA) is 87.6 Å². The molecule has 16 heavy (non-hydrogen) atoms. The highest BCUT2D eigenvalue weighted by molar-refractivity contribution is 5.98. The fourth-order valence-electron chi connectivity index (χ4n) is 1.56. The summed E-state index contributed by atoms with van der Waals surface area (Å²) in [7, 11) is 0. The zero-order valence-electron chi connectivity index (χ0n) is 9.24. The van der Waals surface area contributed by atoms with E-state index in [1.807, 2.05) is 13.8 Å². The summed E-state index contributed by atoms with van der Waals surface area (Å²) in [6, 6.07) is 3.08. The SMILES string of the molecule is CC1(C)COc2cc(N)c(C(N)=O)cc2O1. The van der Waals surface area contributed by atoms with Crippen molar-refractivity contribution in [2.75, 3.05) is 12.3 Å². The number of amides is 1. The van der Waals surface area contributed by atoms with Gasteiger partial charge in [0, 0.05) is 11.8 Å². The largest absolute Gasteiger partial charge is 0.485 e. The van der Waals surface area contributed by atoms with E-state index in [0.29, 0.717) is 23.8 Å². The average Bonchev–Trinajstić information content (AvgIpc) is 2.16. The van der Waals surface area contributed by atoms with E-state index in [-0.39, 0.29) is 5.56 Å². The molecule has 0 saturated heterocycles. The fourth-order valence-corrected chi connectivity index (χ4v) is 1.56. The Morgan fingerprint density at radius 1 is 1.38 bits per heavy atom. The first kappa shape index (κ1) is 10.6. The number of nitrogen functional groups attached to an aromatic ring is 1. The van der Waals surface area contributed by atoms with Crippen molar-refractivity contribution in [3.63, 3.8) is 0 Å². The lowest BCUT2D eigenvalue weighted by Crippen LogP contribution is -2.38. The number of carbonyl (C=O) groups excluding carboxylic acids is 1. The van der Waals surface area contributed by atoms with Gasteiger partial charge in [-0.1, -0.05) is 0 Å². The molecule has 0 radical (unpaired) electrons. The number of nitrogens with two attached hydrogens (primary N) is 2.